The average molecular weight is 377 g/mol. The van der Waals surface area contributed by atoms with Crippen molar-refractivity contribution >= 4 is 15.9 Å². The van der Waals surface area contributed by atoms with Gasteiger partial charge in [0.1, 0.15) is 10.6 Å². The first-order valence-electron chi connectivity index (χ1n) is 8.59. The van der Waals surface area contributed by atoms with Gasteiger partial charge in [-0.05, 0) is 45.7 Å². The van der Waals surface area contributed by atoms with E-state index >= 15 is 0 Å². The fourth-order valence-electron chi connectivity index (χ4n) is 3.22. The Labute approximate surface area is 153 Å². The molecular formula is C18H23N3O4S. The molecule has 140 valence electrons. The topological polar surface area (TPSA) is 92.5 Å². The first-order valence-corrected chi connectivity index (χ1v) is 10.1. The Bertz CT molecular complexity index is 876. The minimum absolute atomic E-state index is 0.0166. The molecule has 1 fully saturated rings. The molecule has 1 aromatic carbocycles. The van der Waals surface area contributed by atoms with Crippen LogP contribution in [-0.2, 0) is 10.0 Å². The summed E-state index contributed by atoms with van der Waals surface area (Å²) in [5.41, 5.74) is 2.11. The third-order valence-corrected chi connectivity index (χ3v) is 6.40. The van der Waals surface area contributed by atoms with E-state index in [2.05, 4.69) is 9.88 Å². The molecule has 0 atom stereocenters. The summed E-state index contributed by atoms with van der Waals surface area (Å²) in [7, 11) is -3.68. The van der Waals surface area contributed by atoms with Crippen molar-refractivity contribution in [2.45, 2.75) is 44.6 Å². The van der Waals surface area contributed by atoms with Crippen LogP contribution in [0.15, 0.2) is 33.7 Å². The van der Waals surface area contributed by atoms with Crippen molar-refractivity contribution in [3.05, 3.63) is 46.8 Å². The largest absolute Gasteiger partial charge is 0.360 e. The summed E-state index contributed by atoms with van der Waals surface area (Å²) < 4.78 is 32.8. The lowest BCUT2D eigenvalue weighted by atomic mass is 10.0. The number of likely N-dealkylation sites (tertiary alicyclic amines) is 1. The lowest BCUT2D eigenvalue weighted by Gasteiger charge is -2.32. The first-order chi connectivity index (χ1) is 12.3. The molecule has 7 nitrogen and oxygen atoms in total. The van der Waals surface area contributed by atoms with Gasteiger partial charge in [0.15, 0.2) is 5.76 Å². The Morgan fingerprint density at radius 1 is 1.15 bits per heavy atom. The SMILES string of the molecule is Cc1ccc(C(=O)N2CCC(NS(=O)(=O)c3c(C)noc3C)CC2)cc1. The van der Waals surface area contributed by atoms with Crippen LogP contribution >= 0.6 is 0 Å². The number of nitrogens with zero attached hydrogens (tertiary/aromatic N) is 2. The van der Waals surface area contributed by atoms with Crippen LogP contribution in [0.3, 0.4) is 0 Å². The van der Waals surface area contributed by atoms with Gasteiger partial charge >= 0.3 is 0 Å². The molecule has 0 bridgehead atoms. The Morgan fingerprint density at radius 3 is 2.31 bits per heavy atom. The number of sulfonamides is 1. The predicted molar refractivity (Wildman–Crippen MR) is 96.4 cm³/mol. The fraction of sp³-hybridized carbons (Fsp3) is 0.444. The predicted octanol–water partition coefficient (Wildman–Crippen LogP) is 2.18. The molecule has 2 aromatic rings. The minimum Gasteiger partial charge on any atom is -0.360 e. The molecule has 2 heterocycles. The minimum atomic E-state index is -3.68. The number of hydrogen-bond acceptors (Lipinski definition) is 5. The van der Waals surface area contributed by atoms with Crippen LogP contribution < -0.4 is 4.72 Å². The van der Waals surface area contributed by atoms with E-state index < -0.39 is 10.0 Å². The smallest absolute Gasteiger partial charge is 0.253 e. The number of aryl methyl sites for hydroxylation is 3. The van der Waals surface area contributed by atoms with Crippen molar-refractivity contribution in [3.63, 3.8) is 0 Å². The maximum atomic E-state index is 12.6. The summed E-state index contributed by atoms with van der Waals surface area (Å²) in [4.78, 5) is 14.4. The van der Waals surface area contributed by atoms with Crippen molar-refractivity contribution in [1.29, 1.82) is 0 Å². The summed E-state index contributed by atoms with van der Waals surface area (Å²) in [5.74, 6) is 0.263. The number of benzene rings is 1. The van der Waals surface area contributed by atoms with E-state index in [4.69, 9.17) is 4.52 Å². The van der Waals surface area contributed by atoms with Gasteiger partial charge in [-0.3, -0.25) is 4.79 Å². The van der Waals surface area contributed by atoms with E-state index in [9.17, 15) is 13.2 Å². The maximum Gasteiger partial charge on any atom is 0.253 e. The summed E-state index contributed by atoms with van der Waals surface area (Å²) in [6.07, 6.45) is 1.14. The van der Waals surface area contributed by atoms with Gasteiger partial charge in [-0.25, -0.2) is 13.1 Å². The monoisotopic (exact) mass is 377 g/mol. The van der Waals surface area contributed by atoms with Crippen LogP contribution in [0.5, 0.6) is 0 Å². The zero-order valence-electron chi connectivity index (χ0n) is 15.2. The van der Waals surface area contributed by atoms with Crippen LogP contribution in [0, 0.1) is 20.8 Å². The van der Waals surface area contributed by atoms with E-state index in [0.717, 1.165) is 5.56 Å². The first kappa shape index (κ1) is 18.6. The number of carbonyl (C=O) groups excluding carboxylic acids is 1. The van der Waals surface area contributed by atoms with Gasteiger partial charge < -0.3 is 9.42 Å². The summed E-state index contributed by atoms with van der Waals surface area (Å²) in [6.45, 7) is 6.19. The van der Waals surface area contributed by atoms with Crippen molar-refractivity contribution < 1.29 is 17.7 Å². The lowest BCUT2D eigenvalue weighted by molar-refractivity contribution is 0.0711. The number of amides is 1. The molecule has 8 heteroatoms. The highest BCUT2D eigenvalue weighted by Gasteiger charge is 2.30. The van der Waals surface area contributed by atoms with Gasteiger partial charge in [0, 0.05) is 24.7 Å². The second kappa shape index (κ2) is 7.20. The van der Waals surface area contributed by atoms with Crippen LogP contribution in [0.4, 0.5) is 0 Å². The number of carbonyl (C=O) groups is 1. The molecule has 0 aliphatic carbocycles. The van der Waals surface area contributed by atoms with Gasteiger partial charge in [-0.1, -0.05) is 22.9 Å². The Kier molecular flexibility index (Phi) is 5.15. The number of nitrogens with one attached hydrogen (secondary N) is 1. The number of aromatic nitrogens is 1. The zero-order valence-corrected chi connectivity index (χ0v) is 16.0. The van der Waals surface area contributed by atoms with Crippen molar-refractivity contribution in [3.8, 4) is 0 Å². The lowest BCUT2D eigenvalue weighted by Crippen LogP contribution is -2.46. The van der Waals surface area contributed by atoms with E-state index in [-0.39, 0.29) is 22.6 Å². The van der Waals surface area contributed by atoms with Crippen LogP contribution in [0.25, 0.3) is 0 Å². The highest BCUT2D eigenvalue weighted by Crippen LogP contribution is 2.21. The van der Waals surface area contributed by atoms with Gasteiger partial charge in [0.25, 0.3) is 5.91 Å². The highest BCUT2D eigenvalue weighted by atomic mass is 32.2. The van der Waals surface area contributed by atoms with Gasteiger partial charge in [-0.15, -0.1) is 0 Å². The van der Waals surface area contributed by atoms with E-state index in [1.807, 2.05) is 31.2 Å². The third-order valence-electron chi connectivity index (χ3n) is 4.64. The molecule has 0 spiro atoms. The molecule has 0 saturated carbocycles. The third kappa shape index (κ3) is 3.81. The van der Waals surface area contributed by atoms with Crippen molar-refractivity contribution in [2.24, 2.45) is 0 Å². The van der Waals surface area contributed by atoms with Crippen LogP contribution in [-0.4, -0.2) is 43.5 Å². The van der Waals surface area contributed by atoms with E-state index in [0.29, 0.717) is 37.2 Å². The number of piperidine rings is 1. The molecule has 1 saturated heterocycles. The summed E-state index contributed by atoms with van der Waals surface area (Å²) in [5, 5.41) is 3.70. The normalized spacial score (nSPS) is 16.0. The molecule has 26 heavy (non-hydrogen) atoms. The molecule has 3 rings (SSSR count). The second-order valence-electron chi connectivity index (χ2n) is 6.71. The molecule has 0 radical (unpaired) electrons. The zero-order chi connectivity index (χ0) is 18.9. The van der Waals surface area contributed by atoms with Crippen LogP contribution in [0.2, 0.25) is 0 Å². The van der Waals surface area contributed by atoms with Gasteiger partial charge in [0.2, 0.25) is 10.0 Å². The van der Waals surface area contributed by atoms with Gasteiger partial charge in [-0.2, -0.15) is 0 Å². The van der Waals surface area contributed by atoms with Crippen molar-refractivity contribution in [2.75, 3.05) is 13.1 Å². The molecule has 0 unspecified atom stereocenters. The Balaban J connectivity index is 1.62. The molecular weight excluding hydrogens is 354 g/mol. The number of rotatable bonds is 4. The Hall–Kier alpha value is -2.19. The van der Waals surface area contributed by atoms with Crippen molar-refractivity contribution in [1.82, 2.24) is 14.8 Å². The summed E-state index contributed by atoms with van der Waals surface area (Å²) >= 11 is 0. The van der Waals surface area contributed by atoms with Gasteiger partial charge in [0.05, 0.1) is 0 Å². The second-order valence-corrected chi connectivity index (χ2v) is 8.36. The Morgan fingerprint density at radius 2 is 1.77 bits per heavy atom. The quantitative estimate of drug-likeness (QED) is 0.882. The summed E-state index contributed by atoms with van der Waals surface area (Å²) in [6, 6.07) is 7.26. The van der Waals surface area contributed by atoms with E-state index in [1.54, 1.807) is 18.7 Å². The average Bonchev–Trinajstić information content (AvgIpc) is 2.95. The molecule has 1 aliphatic heterocycles. The highest BCUT2D eigenvalue weighted by molar-refractivity contribution is 7.89. The molecule has 1 amide bonds. The standard InChI is InChI=1S/C18H23N3O4S/c1-12-4-6-15(7-5-12)18(22)21-10-8-16(9-11-21)20-26(23,24)17-13(2)19-25-14(17)3/h4-7,16,20H,8-11H2,1-3H3. The maximum absolute atomic E-state index is 12.6. The fourth-order valence-corrected chi connectivity index (χ4v) is 4.85. The van der Waals surface area contributed by atoms with E-state index in [1.165, 1.54) is 0 Å². The molecule has 1 aliphatic rings. The number of hydrogen-bond donors (Lipinski definition) is 1. The molecule has 1 N–H and O–H groups in total. The molecule has 1 aromatic heterocycles. The van der Waals surface area contributed by atoms with Crippen LogP contribution in [0.1, 0.15) is 40.2 Å².